The van der Waals surface area contributed by atoms with Crippen molar-refractivity contribution < 1.29 is 4.74 Å². The molecule has 2 unspecified atom stereocenters. The van der Waals surface area contributed by atoms with E-state index >= 15 is 0 Å². The van der Waals surface area contributed by atoms with Gasteiger partial charge in [0.25, 0.3) is 0 Å². The van der Waals surface area contributed by atoms with E-state index in [4.69, 9.17) is 4.74 Å². The molecule has 0 aromatic heterocycles. The Morgan fingerprint density at radius 1 is 1.20 bits per heavy atom. The van der Waals surface area contributed by atoms with Gasteiger partial charge in [0.2, 0.25) is 0 Å². The first kappa shape index (κ1) is 10.5. The first-order valence-electron chi connectivity index (χ1n) is 5.03. The fourth-order valence-electron chi connectivity index (χ4n) is 1.49. The third-order valence-electron chi connectivity index (χ3n) is 2.39. The number of rotatable bonds is 2. The van der Waals surface area contributed by atoms with Crippen LogP contribution in [0.3, 0.4) is 0 Å². The third-order valence-corrected chi connectivity index (χ3v) is 3.67. The molecule has 1 aromatic carbocycles. The number of alkyl halides is 1. The van der Waals surface area contributed by atoms with Crippen LogP contribution in [-0.4, -0.2) is 4.83 Å². The van der Waals surface area contributed by atoms with Crippen molar-refractivity contribution in [3.63, 3.8) is 0 Å². The standard InChI is InChI=1S/C13H13BrO/c1-10-6-5-9-12(13(10)14)15-11-7-3-2-4-8-11/h2-10,13H,1H3. The minimum absolute atomic E-state index is 0.266. The van der Waals surface area contributed by atoms with Gasteiger partial charge >= 0.3 is 0 Å². The number of para-hydroxylation sites is 1. The highest BCUT2D eigenvalue weighted by molar-refractivity contribution is 9.09. The highest BCUT2D eigenvalue weighted by Gasteiger charge is 2.20. The van der Waals surface area contributed by atoms with Crippen LogP contribution in [0, 0.1) is 5.92 Å². The molecule has 1 aromatic rings. The molecule has 0 saturated heterocycles. The lowest BCUT2D eigenvalue weighted by molar-refractivity contribution is 0.393. The SMILES string of the molecule is CC1C=CC=C(Oc2ccccc2)C1Br. The number of halogens is 1. The highest BCUT2D eigenvalue weighted by Crippen LogP contribution is 2.28. The normalized spacial score (nSPS) is 24.8. The van der Waals surface area contributed by atoms with Crippen LogP contribution in [0.25, 0.3) is 0 Å². The third kappa shape index (κ3) is 2.51. The number of allylic oxidation sites excluding steroid dienone is 4. The second kappa shape index (κ2) is 4.67. The molecule has 15 heavy (non-hydrogen) atoms. The summed E-state index contributed by atoms with van der Waals surface area (Å²) in [6, 6.07) is 9.85. The van der Waals surface area contributed by atoms with E-state index in [1.54, 1.807) is 0 Å². The van der Waals surface area contributed by atoms with Crippen molar-refractivity contribution in [1.29, 1.82) is 0 Å². The number of hydrogen-bond donors (Lipinski definition) is 0. The number of hydrogen-bond acceptors (Lipinski definition) is 1. The molecule has 2 heteroatoms. The Hall–Kier alpha value is -1.02. The van der Waals surface area contributed by atoms with E-state index in [1.165, 1.54) is 0 Å². The van der Waals surface area contributed by atoms with Crippen molar-refractivity contribution in [2.75, 3.05) is 0 Å². The van der Waals surface area contributed by atoms with E-state index in [2.05, 4.69) is 28.9 Å². The van der Waals surface area contributed by atoms with Crippen molar-refractivity contribution in [3.05, 3.63) is 54.3 Å². The first-order chi connectivity index (χ1) is 7.27. The predicted molar refractivity (Wildman–Crippen MR) is 66.2 cm³/mol. The fraction of sp³-hybridized carbons (Fsp3) is 0.231. The van der Waals surface area contributed by atoms with Crippen LogP contribution in [-0.2, 0) is 0 Å². The van der Waals surface area contributed by atoms with Gasteiger partial charge in [0.05, 0.1) is 4.83 Å². The molecule has 0 bridgehead atoms. The van der Waals surface area contributed by atoms with Crippen LogP contribution < -0.4 is 4.74 Å². The molecule has 2 atom stereocenters. The zero-order valence-electron chi connectivity index (χ0n) is 8.56. The van der Waals surface area contributed by atoms with Gasteiger partial charge in [-0.2, -0.15) is 0 Å². The van der Waals surface area contributed by atoms with Crippen molar-refractivity contribution in [3.8, 4) is 5.75 Å². The van der Waals surface area contributed by atoms with Gasteiger partial charge in [0.1, 0.15) is 11.5 Å². The monoisotopic (exact) mass is 264 g/mol. The van der Waals surface area contributed by atoms with E-state index < -0.39 is 0 Å². The van der Waals surface area contributed by atoms with Gasteiger partial charge in [-0.05, 0) is 24.1 Å². The van der Waals surface area contributed by atoms with Crippen LogP contribution in [0.4, 0.5) is 0 Å². The van der Waals surface area contributed by atoms with Gasteiger partial charge in [-0.1, -0.05) is 53.2 Å². The second-order valence-electron chi connectivity index (χ2n) is 3.63. The summed E-state index contributed by atoms with van der Waals surface area (Å²) in [4.78, 5) is 0.266. The maximum Gasteiger partial charge on any atom is 0.126 e. The Kier molecular flexibility index (Phi) is 3.27. The summed E-state index contributed by atoms with van der Waals surface area (Å²) in [5.41, 5.74) is 0. The molecule has 0 saturated carbocycles. The predicted octanol–water partition coefficient (Wildman–Crippen LogP) is 3.92. The first-order valence-corrected chi connectivity index (χ1v) is 5.94. The van der Waals surface area contributed by atoms with Gasteiger partial charge < -0.3 is 4.74 Å². The van der Waals surface area contributed by atoms with E-state index in [0.29, 0.717) is 5.92 Å². The second-order valence-corrected chi connectivity index (χ2v) is 4.62. The summed E-state index contributed by atoms with van der Waals surface area (Å²) in [6.45, 7) is 2.16. The van der Waals surface area contributed by atoms with Gasteiger partial charge in [0, 0.05) is 0 Å². The molecular formula is C13H13BrO. The molecule has 78 valence electrons. The van der Waals surface area contributed by atoms with Crippen molar-refractivity contribution in [2.45, 2.75) is 11.8 Å². The Bertz CT molecular complexity index is 381. The summed E-state index contributed by atoms with van der Waals surface area (Å²) in [6.07, 6.45) is 6.21. The Labute approximate surface area is 98.6 Å². The summed E-state index contributed by atoms with van der Waals surface area (Å²) in [5.74, 6) is 2.32. The molecule has 1 aliphatic rings. The minimum atomic E-state index is 0.266. The Balaban J connectivity index is 2.13. The lowest BCUT2D eigenvalue weighted by Crippen LogP contribution is -2.18. The fourth-order valence-corrected chi connectivity index (χ4v) is 1.91. The molecule has 1 aliphatic carbocycles. The van der Waals surface area contributed by atoms with Crippen LogP contribution >= 0.6 is 15.9 Å². The molecule has 0 aliphatic heterocycles. The summed E-state index contributed by atoms with van der Waals surface area (Å²) >= 11 is 3.63. The average Bonchev–Trinajstić information content (AvgIpc) is 2.26. The summed E-state index contributed by atoms with van der Waals surface area (Å²) in [5, 5.41) is 0. The van der Waals surface area contributed by atoms with Crippen molar-refractivity contribution in [2.24, 2.45) is 5.92 Å². The van der Waals surface area contributed by atoms with E-state index in [0.717, 1.165) is 11.5 Å². The topological polar surface area (TPSA) is 9.23 Å². The maximum atomic E-state index is 5.80. The molecule has 0 spiro atoms. The molecule has 1 nitrogen and oxygen atoms in total. The van der Waals surface area contributed by atoms with Crippen LogP contribution in [0.5, 0.6) is 5.75 Å². The molecule has 0 fully saturated rings. The molecule has 0 N–H and O–H groups in total. The molecule has 2 rings (SSSR count). The highest BCUT2D eigenvalue weighted by atomic mass is 79.9. The maximum absolute atomic E-state index is 5.80. The van der Waals surface area contributed by atoms with E-state index in [-0.39, 0.29) is 4.83 Å². The largest absolute Gasteiger partial charge is 0.461 e. The number of benzene rings is 1. The Morgan fingerprint density at radius 2 is 1.93 bits per heavy atom. The minimum Gasteiger partial charge on any atom is -0.461 e. The van der Waals surface area contributed by atoms with E-state index in [1.807, 2.05) is 42.5 Å². The molecule has 0 heterocycles. The van der Waals surface area contributed by atoms with Gasteiger partial charge in [-0.25, -0.2) is 0 Å². The zero-order chi connectivity index (χ0) is 10.7. The molecular weight excluding hydrogens is 252 g/mol. The van der Waals surface area contributed by atoms with Crippen LogP contribution in [0.2, 0.25) is 0 Å². The van der Waals surface area contributed by atoms with Gasteiger partial charge in [-0.15, -0.1) is 0 Å². The molecule has 0 radical (unpaired) electrons. The van der Waals surface area contributed by atoms with Gasteiger partial charge in [0.15, 0.2) is 0 Å². The lowest BCUT2D eigenvalue weighted by atomic mass is 10.0. The smallest absolute Gasteiger partial charge is 0.126 e. The quantitative estimate of drug-likeness (QED) is 0.736. The summed E-state index contributed by atoms with van der Waals surface area (Å²) < 4.78 is 5.80. The van der Waals surface area contributed by atoms with Crippen molar-refractivity contribution >= 4 is 15.9 Å². The summed E-state index contributed by atoms with van der Waals surface area (Å²) in [7, 11) is 0. The molecule has 0 amide bonds. The van der Waals surface area contributed by atoms with E-state index in [9.17, 15) is 0 Å². The zero-order valence-corrected chi connectivity index (χ0v) is 10.1. The number of ether oxygens (including phenoxy) is 1. The van der Waals surface area contributed by atoms with Crippen LogP contribution in [0.15, 0.2) is 54.3 Å². The average molecular weight is 265 g/mol. The Morgan fingerprint density at radius 3 is 2.67 bits per heavy atom. The lowest BCUT2D eigenvalue weighted by Gasteiger charge is -2.21. The van der Waals surface area contributed by atoms with Crippen LogP contribution in [0.1, 0.15) is 6.92 Å². The van der Waals surface area contributed by atoms with Gasteiger partial charge in [-0.3, -0.25) is 0 Å². The van der Waals surface area contributed by atoms with Crippen molar-refractivity contribution in [1.82, 2.24) is 0 Å².